The lowest BCUT2D eigenvalue weighted by molar-refractivity contribution is 0.0933. The average Bonchev–Trinajstić information content (AvgIpc) is 2.55. The van der Waals surface area contributed by atoms with Crippen molar-refractivity contribution in [2.45, 2.75) is 25.3 Å². The lowest BCUT2D eigenvalue weighted by atomic mass is 9.87. The molecule has 1 amide bonds. The summed E-state index contributed by atoms with van der Waals surface area (Å²) in [4.78, 5) is 12.4. The van der Waals surface area contributed by atoms with Gasteiger partial charge in [0.15, 0.2) is 0 Å². The van der Waals surface area contributed by atoms with Crippen LogP contribution in [0.1, 0.15) is 45.9 Å². The Bertz CT molecular complexity index is 658. The summed E-state index contributed by atoms with van der Waals surface area (Å²) >= 11 is 0. The molecule has 21 heavy (non-hydrogen) atoms. The van der Waals surface area contributed by atoms with Crippen molar-refractivity contribution in [2.75, 3.05) is 0 Å². The second-order valence-corrected chi connectivity index (χ2v) is 5.44. The van der Waals surface area contributed by atoms with Crippen molar-refractivity contribution in [1.29, 1.82) is 0 Å². The van der Waals surface area contributed by atoms with E-state index >= 15 is 0 Å². The Morgan fingerprint density at radius 3 is 2.67 bits per heavy atom. The fraction of sp³-hybridized carbons (Fsp3) is 0.211. The molecule has 1 aliphatic carbocycles. The van der Waals surface area contributed by atoms with Crippen molar-refractivity contribution in [3.8, 4) is 0 Å². The van der Waals surface area contributed by atoms with Gasteiger partial charge in [-0.15, -0.1) is 0 Å². The summed E-state index contributed by atoms with van der Waals surface area (Å²) < 4.78 is 0. The molecule has 0 fully saturated rings. The number of benzene rings is 2. The molecule has 0 heterocycles. The first-order chi connectivity index (χ1) is 10.3. The van der Waals surface area contributed by atoms with Gasteiger partial charge in [0.1, 0.15) is 0 Å². The van der Waals surface area contributed by atoms with Gasteiger partial charge in [0.25, 0.3) is 5.91 Å². The van der Waals surface area contributed by atoms with Crippen LogP contribution in [0.15, 0.2) is 55.1 Å². The first-order valence-electron chi connectivity index (χ1n) is 7.39. The van der Waals surface area contributed by atoms with E-state index in [0.29, 0.717) is 5.56 Å². The second-order valence-electron chi connectivity index (χ2n) is 5.44. The highest BCUT2D eigenvalue weighted by Crippen LogP contribution is 2.29. The molecule has 0 saturated heterocycles. The molecule has 2 nitrogen and oxygen atoms in total. The zero-order chi connectivity index (χ0) is 14.7. The number of fused-ring (bicyclic) bond motifs is 1. The van der Waals surface area contributed by atoms with Gasteiger partial charge in [-0.2, -0.15) is 0 Å². The van der Waals surface area contributed by atoms with Crippen LogP contribution in [0.2, 0.25) is 0 Å². The number of aryl methyl sites for hydroxylation is 1. The summed E-state index contributed by atoms with van der Waals surface area (Å²) in [5, 5.41) is 3.16. The highest BCUT2D eigenvalue weighted by atomic mass is 16.1. The minimum atomic E-state index is -0.00712. The summed E-state index contributed by atoms with van der Waals surface area (Å²) in [7, 11) is 0. The quantitative estimate of drug-likeness (QED) is 0.897. The molecule has 0 spiro atoms. The minimum absolute atomic E-state index is 0.00712. The standard InChI is InChI=1S/C19H19NO/c1-2-14-10-12-16(13-11-14)19(21)20-18-9-5-7-15-6-3-4-8-17(15)18/h2-4,6,8,10-13,18H,1,5,7,9H2,(H,20,21)/t18-/m0/s1. The third-order valence-electron chi connectivity index (χ3n) is 4.08. The number of nitrogens with one attached hydrogen (secondary N) is 1. The molecule has 0 bridgehead atoms. The van der Waals surface area contributed by atoms with Gasteiger partial charge in [-0.3, -0.25) is 4.79 Å². The van der Waals surface area contributed by atoms with Crippen LogP contribution in [-0.4, -0.2) is 5.91 Å². The van der Waals surface area contributed by atoms with Gasteiger partial charge >= 0.3 is 0 Å². The van der Waals surface area contributed by atoms with E-state index in [9.17, 15) is 4.79 Å². The van der Waals surface area contributed by atoms with Crippen LogP contribution in [0.4, 0.5) is 0 Å². The molecule has 0 aliphatic heterocycles. The Hall–Kier alpha value is -2.35. The molecule has 3 rings (SSSR count). The van der Waals surface area contributed by atoms with Crippen molar-refractivity contribution >= 4 is 12.0 Å². The maximum atomic E-state index is 12.4. The SMILES string of the molecule is C=Cc1ccc(C(=O)N[C@H]2CCCc3ccccc32)cc1. The zero-order valence-electron chi connectivity index (χ0n) is 12.0. The van der Waals surface area contributed by atoms with E-state index < -0.39 is 0 Å². The highest BCUT2D eigenvalue weighted by molar-refractivity contribution is 5.94. The summed E-state index contributed by atoms with van der Waals surface area (Å²) in [6.07, 6.45) is 5.01. The lowest BCUT2D eigenvalue weighted by Crippen LogP contribution is -2.30. The predicted octanol–water partition coefficient (Wildman–Crippen LogP) is 4.14. The van der Waals surface area contributed by atoms with E-state index in [1.54, 1.807) is 6.08 Å². The van der Waals surface area contributed by atoms with Crippen LogP contribution in [0, 0.1) is 0 Å². The summed E-state index contributed by atoms with van der Waals surface area (Å²) in [6, 6.07) is 16.0. The lowest BCUT2D eigenvalue weighted by Gasteiger charge is -2.26. The number of hydrogen-bond acceptors (Lipinski definition) is 1. The van der Waals surface area contributed by atoms with E-state index in [1.165, 1.54) is 11.1 Å². The molecule has 1 atom stereocenters. The van der Waals surface area contributed by atoms with Gasteiger partial charge < -0.3 is 5.32 Å². The smallest absolute Gasteiger partial charge is 0.251 e. The molecule has 0 unspecified atom stereocenters. The van der Waals surface area contributed by atoms with Crippen molar-refractivity contribution in [3.05, 3.63) is 77.4 Å². The Kier molecular flexibility index (Phi) is 3.87. The monoisotopic (exact) mass is 277 g/mol. The molecule has 2 aromatic carbocycles. The van der Waals surface area contributed by atoms with E-state index in [2.05, 4.69) is 30.1 Å². The topological polar surface area (TPSA) is 29.1 Å². The van der Waals surface area contributed by atoms with E-state index in [1.807, 2.05) is 30.3 Å². The van der Waals surface area contributed by atoms with Crippen molar-refractivity contribution in [3.63, 3.8) is 0 Å². The molecule has 1 N–H and O–H groups in total. The first-order valence-corrected chi connectivity index (χ1v) is 7.39. The van der Waals surface area contributed by atoms with Crippen LogP contribution >= 0.6 is 0 Å². The Morgan fingerprint density at radius 1 is 1.14 bits per heavy atom. The minimum Gasteiger partial charge on any atom is -0.345 e. The third kappa shape index (κ3) is 2.89. The van der Waals surface area contributed by atoms with E-state index in [4.69, 9.17) is 0 Å². The number of rotatable bonds is 3. The summed E-state index contributed by atoms with van der Waals surface area (Å²) in [5.41, 5.74) is 4.34. The molecule has 2 aromatic rings. The van der Waals surface area contributed by atoms with Gasteiger partial charge in [0, 0.05) is 5.56 Å². The Balaban J connectivity index is 1.77. The average molecular weight is 277 g/mol. The van der Waals surface area contributed by atoms with Crippen LogP contribution < -0.4 is 5.32 Å². The maximum absolute atomic E-state index is 12.4. The molecule has 106 valence electrons. The zero-order valence-corrected chi connectivity index (χ0v) is 12.0. The molecular formula is C19H19NO. The molecule has 1 aliphatic rings. The van der Waals surface area contributed by atoms with E-state index in [-0.39, 0.29) is 11.9 Å². The van der Waals surface area contributed by atoms with Crippen LogP contribution in [0.3, 0.4) is 0 Å². The molecule has 0 aromatic heterocycles. The molecular weight excluding hydrogens is 258 g/mol. The van der Waals surface area contributed by atoms with Crippen LogP contribution in [-0.2, 0) is 6.42 Å². The van der Waals surface area contributed by atoms with E-state index in [0.717, 1.165) is 24.8 Å². The summed E-state index contributed by atoms with van der Waals surface area (Å²) in [5.74, 6) is -0.00712. The second kappa shape index (κ2) is 5.96. The van der Waals surface area contributed by atoms with Crippen molar-refractivity contribution < 1.29 is 4.79 Å². The normalized spacial score (nSPS) is 16.9. The maximum Gasteiger partial charge on any atom is 0.251 e. The van der Waals surface area contributed by atoms with Crippen molar-refractivity contribution in [2.24, 2.45) is 0 Å². The fourth-order valence-electron chi connectivity index (χ4n) is 2.92. The van der Waals surface area contributed by atoms with Crippen LogP contribution in [0.25, 0.3) is 6.08 Å². The largest absolute Gasteiger partial charge is 0.345 e. The van der Waals surface area contributed by atoms with Gasteiger partial charge in [-0.05, 0) is 48.1 Å². The summed E-state index contributed by atoms with van der Waals surface area (Å²) in [6.45, 7) is 3.72. The molecule has 0 saturated carbocycles. The number of amides is 1. The van der Waals surface area contributed by atoms with Gasteiger partial charge in [0.2, 0.25) is 0 Å². The third-order valence-corrected chi connectivity index (χ3v) is 4.08. The Labute approximate surface area is 125 Å². The van der Waals surface area contributed by atoms with Crippen LogP contribution in [0.5, 0.6) is 0 Å². The van der Waals surface area contributed by atoms with Gasteiger partial charge in [-0.1, -0.05) is 49.1 Å². The number of carbonyl (C=O) groups excluding carboxylic acids is 1. The molecule has 2 heteroatoms. The number of hydrogen-bond donors (Lipinski definition) is 1. The highest BCUT2D eigenvalue weighted by Gasteiger charge is 2.21. The first kappa shape index (κ1) is 13.6. The molecule has 0 radical (unpaired) electrons. The van der Waals surface area contributed by atoms with Gasteiger partial charge in [-0.25, -0.2) is 0 Å². The van der Waals surface area contributed by atoms with Crippen molar-refractivity contribution in [1.82, 2.24) is 5.32 Å². The predicted molar refractivity (Wildman–Crippen MR) is 86.1 cm³/mol. The van der Waals surface area contributed by atoms with Gasteiger partial charge in [0.05, 0.1) is 6.04 Å². The number of carbonyl (C=O) groups is 1. The Morgan fingerprint density at radius 2 is 1.90 bits per heavy atom. The fourth-order valence-corrected chi connectivity index (χ4v) is 2.92.